The molecule has 1 rings (SSSR count). The molecule has 0 bridgehead atoms. The standard InChI is InChI=1S/C12H17N2O2/c1-14(2)9-8-13-12(15)10-4-6-11(16-3)7-5-10/h4-6H,8-9H2,1-3H3,(H,13,15). The second-order valence-corrected chi connectivity index (χ2v) is 3.70. The SMILES string of the molecule is COc1[c]cc(C(=O)NCCN(C)C)cc1. The van der Waals surface area contributed by atoms with Gasteiger partial charge in [-0.3, -0.25) is 4.79 Å². The summed E-state index contributed by atoms with van der Waals surface area (Å²) >= 11 is 0. The molecule has 1 radical (unpaired) electrons. The van der Waals surface area contributed by atoms with E-state index in [4.69, 9.17) is 4.74 Å². The maximum atomic E-state index is 11.6. The van der Waals surface area contributed by atoms with E-state index in [0.717, 1.165) is 6.54 Å². The first kappa shape index (κ1) is 12.5. The Hall–Kier alpha value is -1.55. The van der Waals surface area contributed by atoms with Gasteiger partial charge in [-0.2, -0.15) is 0 Å². The molecule has 0 atom stereocenters. The second-order valence-electron chi connectivity index (χ2n) is 3.70. The van der Waals surface area contributed by atoms with Crippen molar-refractivity contribution in [3.05, 3.63) is 29.8 Å². The lowest BCUT2D eigenvalue weighted by molar-refractivity contribution is 0.0951. The van der Waals surface area contributed by atoms with E-state index in [0.29, 0.717) is 17.9 Å². The van der Waals surface area contributed by atoms with Gasteiger partial charge in [-0.15, -0.1) is 0 Å². The smallest absolute Gasteiger partial charge is 0.251 e. The van der Waals surface area contributed by atoms with Crippen LogP contribution in [0.5, 0.6) is 5.75 Å². The first-order valence-electron chi connectivity index (χ1n) is 5.12. The highest BCUT2D eigenvalue weighted by Crippen LogP contribution is 2.09. The number of nitrogens with one attached hydrogen (secondary N) is 1. The van der Waals surface area contributed by atoms with Crippen LogP contribution < -0.4 is 10.1 Å². The van der Waals surface area contributed by atoms with Crippen molar-refractivity contribution in [1.82, 2.24) is 10.2 Å². The molecule has 0 aliphatic carbocycles. The number of carbonyl (C=O) groups excluding carboxylic acids is 1. The maximum absolute atomic E-state index is 11.6. The number of carbonyl (C=O) groups is 1. The molecule has 0 heterocycles. The van der Waals surface area contributed by atoms with Crippen LogP contribution in [0, 0.1) is 6.07 Å². The zero-order valence-electron chi connectivity index (χ0n) is 9.91. The topological polar surface area (TPSA) is 41.6 Å². The largest absolute Gasteiger partial charge is 0.496 e. The van der Waals surface area contributed by atoms with Gasteiger partial charge in [-0.1, -0.05) is 0 Å². The van der Waals surface area contributed by atoms with Gasteiger partial charge in [0.1, 0.15) is 5.75 Å². The van der Waals surface area contributed by atoms with Gasteiger partial charge in [0.15, 0.2) is 0 Å². The lowest BCUT2D eigenvalue weighted by Crippen LogP contribution is -2.31. The Morgan fingerprint density at radius 1 is 1.50 bits per heavy atom. The fraction of sp³-hybridized carbons (Fsp3) is 0.417. The van der Waals surface area contributed by atoms with Gasteiger partial charge >= 0.3 is 0 Å². The van der Waals surface area contributed by atoms with Crippen molar-refractivity contribution in [3.8, 4) is 5.75 Å². The summed E-state index contributed by atoms with van der Waals surface area (Å²) < 4.78 is 4.97. The molecule has 4 heteroatoms. The first-order chi connectivity index (χ1) is 7.63. The second kappa shape index (κ2) is 6.12. The minimum atomic E-state index is -0.0826. The molecule has 0 aliphatic rings. The highest BCUT2D eigenvalue weighted by molar-refractivity contribution is 5.94. The van der Waals surface area contributed by atoms with E-state index in [-0.39, 0.29) is 5.91 Å². The van der Waals surface area contributed by atoms with Crippen LogP contribution in [0.4, 0.5) is 0 Å². The number of nitrogens with zero attached hydrogens (tertiary/aromatic N) is 1. The van der Waals surface area contributed by atoms with Crippen LogP contribution in [0.3, 0.4) is 0 Å². The molecule has 0 aliphatic heterocycles. The summed E-state index contributed by atoms with van der Waals surface area (Å²) in [6.07, 6.45) is 0. The minimum absolute atomic E-state index is 0.0826. The average molecular weight is 221 g/mol. The lowest BCUT2D eigenvalue weighted by Gasteiger charge is -2.10. The van der Waals surface area contributed by atoms with Gasteiger partial charge in [0.2, 0.25) is 0 Å². The predicted octanol–water partition coefficient (Wildman–Crippen LogP) is 0.787. The first-order valence-corrected chi connectivity index (χ1v) is 5.12. The third kappa shape index (κ3) is 3.90. The Morgan fingerprint density at radius 3 is 2.75 bits per heavy atom. The average Bonchev–Trinajstić information content (AvgIpc) is 2.28. The molecule has 0 saturated heterocycles. The normalized spacial score (nSPS) is 10.2. The van der Waals surface area contributed by atoms with Gasteiger partial charge in [-0.05, 0) is 32.3 Å². The van der Waals surface area contributed by atoms with E-state index < -0.39 is 0 Å². The molecule has 1 N–H and O–H groups in total. The van der Waals surface area contributed by atoms with E-state index in [1.807, 2.05) is 19.0 Å². The number of likely N-dealkylation sites (N-methyl/N-ethyl adjacent to an activating group) is 1. The molecule has 0 saturated carbocycles. The number of hydrogen-bond acceptors (Lipinski definition) is 3. The predicted molar refractivity (Wildman–Crippen MR) is 62.7 cm³/mol. The summed E-state index contributed by atoms with van der Waals surface area (Å²) in [6, 6.07) is 7.95. The molecule has 1 aromatic rings. The van der Waals surface area contributed by atoms with Crippen molar-refractivity contribution in [2.45, 2.75) is 0 Å². The molecule has 4 nitrogen and oxygen atoms in total. The van der Waals surface area contributed by atoms with Crippen molar-refractivity contribution >= 4 is 5.91 Å². The molecule has 0 fully saturated rings. The van der Waals surface area contributed by atoms with Crippen molar-refractivity contribution in [3.63, 3.8) is 0 Å². The van der Waals surface area contributed by atoms with Crippen molar-refractivity contribution in [1.29, 1.82) is 0 Å². The number of hydrogen-bond donors (Lipinski definition) is 1. The Morgan fingerprint density at radius 2 is 2.25 bits per heavy atom. The van der Waals surface area contributed by atoms with Crippen LogP contribution in [0.2, 0.25) is 0 Å². The highest BCUT2D eigenvalue weighted by Gasteiger charge is 2.04. The van der Waals surface area contributed by atoms with Gasteiger partial charge < -0.3 is 15.0 Å². The highest BCUT2D eigenvalue weighted by atomic mass is 16.5. The van der Waals surface area contributed by atoms with E-state index in [9.17, 15) is 4.79 Å². The van der Waals surface area contributed by atoms with Crippen molar-refractivity contribution in [2.75, 3.05) is 34.3 Å². The zero-order valence-corrected chi connectivity index (χ0v) is 9.91. The zero-order chi connectivity index (χ0) is 12.0. The quantitative estimate of drug-likeness (QED) is 0.799. The van der Waals surface area contributed by atoms with E-state index in [1.54, 1.807) is 25.3 Å². The van der Waals surface area contributed by atoms with Gasteiger partial charge in [0.05, 0.1) is 7.11 Å². The maximum Gasteiger partial charge on any atom is 0.251 e. The number of rotatable bonds is 5. The van der Waals surface area contributed by atoms with Crippen molar-refractivity contribution < 1.29 is 9.53 Å². The number of methoxy groups -OCH3 is 1. The van der Waals surface area contributed by atoms with E-state index in [2.05, 4.69) is 11.4 Å². The summed E-state index contributed by atoms with van der Waals surface area (Å²) in [6.45, 7) is 1.46. The molecule has 1 aromatic carbocycles. The van der Waals surface area contributed by atoms with Crippen molar-refractivity contribution in [2.24, 2.45) is 0 Å². The summed E-state index contributed by atoms with van der Waals surface area (Å²) in [4.78, 5) is 13.6. The van der Waals surface area contributed by atoms with Crippen LogP contribution in [-0.2, 0) is 0 Å². The van der Waals surface area contributed by atoms with Gasteiger partial charge in [-0.25, -0.2) is 0 Å². The molecular formula is C12H17N2O2. The fourth-order valence-electron chi connectivity index (χ4n) is 1.17. The molecule has 0 spiro atoms. The minimum Gasteiger partial charge on any atom is -0.496 e. The van der Waals surface area contributed by atoms with Crippen LogP contribution in [-0.4, -0.2) is 45.1 Å². The Kier molecular flexibility index (Phi) is 4.79. The fourth-order valence-corrected chi connectivity index (χ4v) is 1.17. The molecule has 0 aromatic heterocycles. The summed E-state index contributed by atoms with van der Waals surface area (Å²) in [5.74, 6) is 0.547. The Labute approximate surface area is 96.2 Å². The summed E-state index contributed by atoms with van der Waals surface area (Å²) in [7, 11) is 5.50. The van der Waals surface area contributed by atoms with Crippen LogP contribution >= 0.6 is 0 Å². The van der Waals surface area contributed by atoms with Crippen LogP contribution in [0.1, 0.15) is 10.4 Å². The summed E-state index contributed by atoms with van der Waals surface area (Å²) in [5, 5.41) is 2.83. The molecule has 16 heavy (non-hydrogen) atoms. The third-order valence-corrected chi connectivity index (χ3v) is 2.11. The third-order valence-electron chi connectivity index (χ3n) is 2.11. The monoisotopic (exact) mass is 221 g/mol. The van der Waals surface area contributed by atoms with E-state index >= 15 is 0 Å². The van der Waals surface area contributed by atoms with Crippen LogP contribution in [0.25, 0.3) is 0 Å². The van der Waals surface area contributed by atoms with Gasteiger partial charge in [0.25, 0.3) is 5.91 Å². The number of ether oxygens (including phenoxy) is 1. The van der Waals surface area contributed by atoms with E-state index in [1.165, 1.54) is 0 Å². The number of benzene rings is 1. The molecular weight excluding hydrogens is 204 g/mol. The number of amides is 1. The molecule has 1 amide bonds. The molecule has 87 valence electrons. The lowest BCUT2D eigenvalue weighted by atomic mass is 10.2. The van der Waals surface area contributed by atoms with Crippen LogP contribution in [0.15, 0.2) is 18.2 Å². The van der Waals surface area contributed by atoms with Gasteiger partial charge in [0, 0.05) is 24.7 Å². The summed E-state index contributed by atoms with van der Waals surface area (Å²) in [5.41, 5.74) is 0.597. The Balaban J connectivity index is 2.46. The molecule has 0 unspecified atom stereocenters. The Bertz CT molecular complexity index is 333.